The van der Waals surface area contributed by atoms with E-state index in [0.29, 0.717) is 16.2 Å². The molecular formula is C21H21ClO. The van der Waals surface area contributed by atoms with Gasteiger partial charge in [-0.3, -0.25) is 4.79 Å². The minimum Gasteiger partial charge on any atom is -0.288 e. The molecule has 23 heavy (non-hydrogen) atoms. The van der Waals surface area contributed by atoms with E-state index in [1.54, 1.807) is 0 Å². The lowest BCUT2D eigenvalue weighted by Crippen LogP contribution is -2.02. The monoisotopic (exact) mass is 324 g/mol. The molecule has 0 saturated carbocycles. The van der Waals surface area contributed by atoms with Crippen molar-refractivity contribution in [3.63, 3.8) is 0 Å². The van der Waals surface area contributed by atoms with Crippen LogP contribution in [0.5, 0.6) is 0 Å². The van der Waals surface area contributed by atoms with Gasteiger partial charge in [-0.15, -0.1) is 0 Å². The van der Waals surface area contributed by atoms with Crippen LogP contribution in [0.1, 0.15) is 48.5 Å². The first-order valence-electron chi connectivity index (χ1n) is 8.03. The van der Waals surface area contributed by atoms with Crippen LogP contribution in [0.4, 0.5) is 0 Å². The van der Waals surface area contributed by atoms with Crippen LogP contribution in [0.2, 0.25) is 0 Å². The molecule has 0 aromatic heterocycles. The number of hydrogen-bond acceptors (Lipinski definition) is 1. The maximum Gasteiger partial charge on any atom is 0.201 e. The predicted octanol–water partition coefficient (Wildman–Crippen LogP) is 6.25. The molecule has 2 heteroatoms. The van der Waals surface area contributed by atoms with Crippen molar-refractivity contribution in [3.05, 3.63) is 82.6 Å². The largest absolute Gasteiger partial charge is 0.288 e. The molecule has 0 aliphatic carbocycles. The van der Waals surface area contributed by atoms with Crippen LogP contribution in [0.25, 0.3) is 5.57 Å². The van der Waals surface area contributed by atoms with Crippen LogP contribution in [0.15, 0.2) is 71.4 Å². The summed E-state index contributed by atoms with van der Waals surface area (Å²) in [5, 5.41) is 0.613. The Labute approximate surface area is 143 Å². The molecule has 0 N–H and O–H groups in total. The van der Waals surface area contributed by atoms with E-state index in [1.165, 1.54) is 0 Å². The highest BCUT2D eigenvalue weighted by molar-refractivity contribution is 6.33. The van der Waals surface area contributed by atoms with Gasteiger partial charge in [0.05, 0.1) is 10.6 Å². The topological polar surface area (TPSA) is 17.1 Å². The maximum absolute atomic E-state index is 12.8. The molecule has 0 heterocycles. The summed E-state index contributed by atoms with van der Waals surface area (Å²) in [5.41, 5.74) is 5.16. The molecular weight excluding hydrogens is 304 g/mol. The van der Waals surface area contributed by atoms with Crippen LogP contribution in [0, 0.1) is 0 Å². The van der Waals surface area contributed by atoms with Gasteiger partial charge in [0.2, 0.25) is 5.78 Å². The van der Waals surface area contributed by atoms with Crippen molar-refractivity contribution >= 4 is 23.0 Å². The van der Waals surface area contributed by atoms with Crippen molar-refractivity contribution in [2.45, 2.75) is 32.6 Å². The second-order valence-corrected chi connectivity index (χ2v) is 5.88. The van der Waals surface area contributed by atoms with Gasteiger partial charge in [-0.25, -0.2) is 0 Å². The molecule has 2 aromatic carbocycles. The van der Waals surface area contributed by atoms with Crippen molar-refractivity contribution in [3.8, 4) is 0 Å². The Hall–Kier alpha value is -2.08. The van der Waals surface area contributed by atoms with E-state index in [9.17, 15) is 4.79 Å². The van der Waals surface area contributed by atoms with E-state index in [0.717, 1.165) is 31.2 Å². The number of halogens is 1. The van der Waals surface area contributed by atoms with Gasteiger partial charge in [0.25, 0.3) is 0 Å². The van der Waals surface area contributed by atoms with Gasteiger partial charge < -0.3 is 0 Å². The summed E-state index contributed by atoms with van der Waals surface area (Å²) in [4.78, 5) is 12.8. The molecule has 0 amide bonds. The Kier molecular flexibility index (Phi) is 6.87. The van der Waals surface area contributed by atoms with Gasteiger partial charge in [0.1, 0.15) is 0 Å². The lowest BCUT2D eigenvalue weighted by Gasteiger charge is -2.05. The molecule has 2 rings (SSSR count). The van der Waals surface area contributed by atoms with Gasteiger partial charge in [-0.1, -0.05) is 97.8 Å². The zero-order chi connectivity index (χ0) is 16.5. The fourth-order valence-electron chi connectivity index (χ4n) is 2.33. The lowest BCUT2D eigenvalue weighted by atomic mass is 9.97. The van der Waals surface area contributed by atoms with E-state index in [4.69, 9.17) is 11.6 Å². The third-order valence-electron chi connectivity index (χ3n) is 3.59. The SMILES string of the molecule is CCCCCC(Cl)=C=C(C(=O)c1ccccc1)c1ccccc1. The van der Waals surface area contributed by atoms with E-state index in [2.05, 4.69) is 12.7 Å². The molecule has 0 aliphatic rings. The summed E-state index contributed by atoms with van der Waals surface area (Å²) in [6.07, 6.45) is 4.05. The van der Waals surface area contributed by atoms with Crippen molar-refractivity contribution in [1.82, 2.24) is 0 Å². The quantitative estimate of drug-likeness (QED) is 0.254. The summed E-state index contributed by atoms with van der Waals surface area (Å²) in [5.74, 6) is -0.0505. The molecule has 0 saturated heterocycles. The normalized spacial score (nSPS) is 10.0. The third-order valence-corrected chi connectivity index (χ3v) is 3.87. The average molecular weight is 325 g/mol. The average Bonchev–Trinajstić information content (AvgIpc) is 2.61. The Morgan fingerprint density at radius 3 is 2.04 bits per heavy atom. The van der Waals surface area contributed by atoms with Gasteiger partial charge in [0, 0.05) is 5.56 Å². The van der Waals surface area contributed by atoms with E-state index < -0.39 is 0 Å². The first kappa shape index (κ1) is 17.3. The lowest BCUT2D eigenvalue weighted by molar-refractivity contribution is 0.105. The first-order valence-corrected chi connectivity index (χ1v) is 8.40. The van der Waals surface area contributed by atoms with Crippen LogP contribution in [-0.2, 0) is 0 Å². The molecule has 1 nitrogen and oxygen atoms in total. The minimum absolute atomic E-state index is 0.0505. The zero-order valence-corrected chi connectivity index (χ0v) is 14.1. The highest BCUT2D eigenvalue weighted by atomic mass is 35.5. The highest BCUT2D eigenvalue weighted by Crippen LogP contribution is 2.21. The standard InChI is InChI=1S/C21H21ClO/c1-2-3-6-15-19(22)16-20(17-11-7-4-8-12-17)21(23)18-13-9-5-10-14-18/h4-5,7-14H,2-3,6,15H2,1H3. The number of carbonyl (C=O) groups is 1. The van der Waals surface area contributed by atoms with E-state index in [-0.39, 0.29) is 5.78 Å². The van der Waals surface area contributed by atoms with Crippen molar-refractivity contribution < 1.29 is 4.79 Å². The van der Waals surface area contributed by atoms with Crippen LogP contribution in [-0.4, -0.2) is 5.78 Å². The minimum atomic E-state index is -0.0505. The maximum atomic E-state index is 12.8. The Balaban J connectivity index is 2.41. The van der Waals surface area contributed by atoms with Crippen LogP contribution >= 0.6 is 11.6 Å². The summed E-state index contributed by atoms with van der Waals surface area (Å²) in [6, 6.07) is 18.9. The second-order valence-electron chi connectivity index (χ2n) is 5.42. The molecule has 0 bridgehead atoms. The summed E-state index contributed by atoms with van der Waals surface area (Å²) in [7, 11) is 0. The third kappa shape index (κ3) is 5.25. The van der Waals surface area contributed by atoms with Gasteiger partial charge in [-0.2, -0.15) is 0 Å². The van der Waals surface area contributed by atoms with Crippen LogP contribution in [0.3, 0.4) is 0 Å². The molecule has 0 fully saturated rings. The molecule has 0 aliphatic heterocycles. The van der Waals surface area contributed by atoms with Gasteiger partial charge in [-0.05, 0) is 18.4 Å². The molecule has 0 spiro atoms. The fraction of sp³-hybridized carbons (Fsp3) is 0.238. The van der Waals surface area contributed by atoms with Gasteiger partial charge >= 0.3 is 0 Å². The number of unbranched alkanes of at least 4 members (excludes halogenated alkanes) is 2. The smallest absolute Gasteiger partial charge is 0.201 e. The zero-order valence-electron chi connectivity index (χ0n) is 13.4. The Bertz CT molecular complexity index is 695. The Morgan fingerprint density at radius 1 is 0.913 bits per heavy atom. The molecule has 0 atom stereocenters. The molecule has 118 valence electrons. The molecule has 2 aromatic rings. The number of carbonyl (C=O) groups excluding carboxylic acids is 1. The molecule has 0 unspecified atom stereocenters. The molecule has 0 radical (unpaired) electrons. The summed E-state index contributed by atoms with van der Waals surface area (Å²) >= 11 is 6.33. The number of Topliss-reactive ketones (excluding diaryl/α,β-unsaturated/α-hetero) is 1. The Morgan fingerprint density at radius 2 is 1.48 bits per heavy atom. The van der Waals surface area contributed by atoms with Gasteiger partial charge in [0.15, 0.2) is 0 Å². The highest BCUT2D eigenvalue weighted by Gasteiger charge is 2.14. The second kappa shape index (κ2) is 9.15. The summed E-state index contributed by atoms with van der Waals surface area (Å²) < 4.78 is 0. The number of rotatable bonds is 7. The van der Waals surface area contributed by atoms with Crippen LogP contribution < -0.4 is 0 Å². The number of hydrogen-bond donors (Lipinski definition) is 0. The number of benzene rings is 2. The fourth-order valence-corrected chi connectivity index (χ4v) is 2.56. The predicted molar refractivity (Wildman–Crippen MR) is 97.6 cm³/mol. The van der Waals surface area contributed by atoms with Crippen molar-refractivity contribution in [1.29, 1.82) is 0 Å². The van der Waals surface area contributed by atoms with E-state index >= 15 is 0 Å². The first-order chi connectivity index (χ1) is 11.2. The summed E-state index contributed by atoms with van der Waals surface area (Å²) in [6.45, 7) is 2.15. The van der Waals surface area contributed by atoms with Crippen molar-refractivity contribution in [2.75, 3.05) is 0 Å². The number of ketones is 1. The number of allylic oxidation sites excluding steroid dienone is 1. The van der Waals surface area contributed by atoms with E-state index in [1.807, 2.05) is 60.7 Å². The van der Waals surface area contributed by atoms with Crippen molar-refractivity contribution in [2.24, 2.45) is 0 Å².